The van der Waals surface area contributed by atoms with E-state index in [2.05, 4.69) is 0 Å². The van der Waals surface area contributed by atoms with Crippen LogP contribution in [0.15, 0.2) is 0 Å². The average molecular weight is 122 g/mol. The average Bonchev–Trinajstić information content (AvgIpc) is 2.30. The highest BCUT2D eigenvalue weighted by molar-refractivity contribution is 5.03. The van der Waals surface area contributed by atoms with E-state index >= 15 is 0 Å². The predicted octanol–water partition coefficient (Wildman–Crippen LogP) is 2.44. The van der Waals surface area contributed by atoms with E-state index in [0.29, 0.717) is 0 Å². The first-order chi connectivity index (χ1) is 4.45. The van der Waals surface area contributed by atoms with Crippen molar-refractivity contribution in [1.29, 1.82) is 0 Å². The minimum atomic E-state index is 1.20. The molecule has 4 unspecified atom stereocenters. The Morgan fingerprint density at radius 1 is 0.778 bits per heavy atom. The Kier molecular flexibility index (Phi) is 0.717. The van der Waals surface area contributed by atoms with Gasteiger partial charge in [-0.15, -0.1) is 0 Å². The summed E-state index contributed by atoms with van der Waals surface area (Å²) < 4.78 is 0. The summed E-state index contributed by atoms with van der Waals surface area (Å²) in [7, 11) is 0. The minimum absolute atomic E-state index is 1.20. The Balaban J connectivity index is 1.95. The van der Waals surface area contributed by atoms with Crippen molar-refractivity contribution in [2.45, 2.75) is 32.1 Å². The number of hydrogen-bond donors (Lipinski definition) is 0. The second-order valence-corrected chi connectivity index (χ2v) is 4.25. The van der Waals surface area contributed by atoms with Gasteiger partial charge in [0.1, 0.15) is 0 Å². The van der Waals surface area contributed by atoms with Crippen LogP contribution < -0.4 is 0 Å². The van der Waals surface area contributed by atoms with Gasteiger partial charge in [0.05, 0.1) is 0 Å². The third kappa shape index (κ3) is 0.426. The van der Waals surface area contributed by atoms with Crippen molar-refractivity contribution in [2.75, 3.05) is 0 Å². The van der Waals surface area contributed by atoms with E-state index in [9.17, 15) is 0 Å². The quantitative estimate of drug-likeness (QED) is 0.463. The van der Waals surface area contributed by atoms with E-state index in [0.717, 1.165) is 0 Å². The standard InChI is InChI=1S/C9H14/c1-2-6-4-7-5-9(6)8(7)3-1/h6-9H,1-5H2. The Bertz CT molecular complexity index is 133. The molecule has 4 saturated carbocycles. The van der Waals surface area contributed by atoms with E-state index in [1.165, 1.54) is 23.7 Å². The van der Waals surface area contributed by atoms with Crippen molar-refractivity contribution < 1.29 is 0 Å². The Morgan fingerprint density at radius 3 is 2.56 bits per heavy atom. The fourth-order valence-electron chi connectivity index (χ4n) is 3.63. The van der Waals surface area contributed by atoms with Gasteiger partial charge in [0, 0.05) is 0 Å². The smallest absolute Gasteiger partial charge is 0.0352 e. The van der Waals surface area contributed by atoms with Crippen molar-refractivity contribution in [1.82, 2.24) is 0 Å². The van der Waals surface area contributed by atoms with Crippen LogP contribution in [0.3, 0.4) is 0 Å². The molecule has 4 fully saturated rings. The van der Waals surface area contributed by atoms with Gasteiger partial charge in [-0.1, -0.05) is 12.8 Å². The van der Waals surface area contributed by atoms with Crippen molar-refractivity contribution in [2.24, 2.45) is 23.7 Å². The molecular weight excluding hydrogens is 108 g/mol. The van der Waals surface area contributed by atoms with E-state index < -0.39 is 0 Å². The van der Waals surface area contributed by atoms with Gasteiger partial charge < -0.3 is 0 Å². The van der Waals surface area contributed by atoms with Crippen LogP contribution >= 0.6 is 0 Å². The fraction of sp³-hybridized carbons (Fsp3) is 1.00. The van der Waals surface area contributed by atoms with Crippen molar-refractivity contribution in [3.63, 3.8) is 0 Å². The summed E-state index contributed by atoms with van der Waals surface area (Å²) in [6.45, 7) is 0. The normalized spacial score (nSPS) is 61.3. The molecule has 0 N–H and O–H groups in total. The van der Waals surface area contributed by atoms with Gasteiger partial charge in [-0.2, -0.15) is 0 Å². The zero-order valence-electron chi connectivity index (χ0n) is 5.84. The molecule has 0 amide bonds. The third-order valence-corrected chi connectivity index (χ3v) is 4.05. The maximum absolute atomic E-state index is 1.62. The zero-order chi connectivity index (χ0) is 5.84. The molecule has 0 radical (unpaired) electrons. The second-order valence-electron chi connectivity index (χ2n) is 4.25. The summed E-state index contributed by atoms with van der Waals surface area (Å²) >= 11 is 0. The maximum Gasteiger partial charge on any atom is -0.0352 e. The summed E-state index contributed by atoms with van der Waals surface area (Å²) in [5.41, 5.74) is 0. The SMILES string of the molecule is C1CC2CC3CC2C3C1. The first-order valence-corrected chi connectivity index (χ1v) is 4.45. The molecule has 4 bridgehead atoms. The summed E-state index contributed by atoms with van der Waals surface area (Å²) in [4.78, 5) is 0. The van der Waals surface area contributed by atoms with Crippen molar-refractivity contribution in [3.8, 4) is 0 Å². The van der Waals surface area contributed by atoms with Crippen LogP contribution in [-0.2, 0) is 0 Å². The van der Waals surface area contributed by atoms with Gasteiger partial charge >= 0.3 is 0 Å². The highest BCUT2D eigenvalue weighted by atomic mass is 14.6. The fourth-order valence-corrected chi connectivity index (χ4v) is 3.63. The monoisotopic (exact) mass is 122 g/mol. The van der Waals surface area contributed by atoms with E-state index in [-0.39, 0.29) is 0 Å². The molecule has 4 atom stereocenters. The molecule has 0 heterocycles. The predicted molar refractivity (Wildman–Crippen MR) is 37.0 cm³/mol. The lowest BCUT2D eigenvalue weighted by molar-refractivity contribution is 0.0971. The third-order valence-electron chi connectivity index (χ3n) is 4.05. The Morgan fingerprint density at radius 2 is 1.78 bits per heavy atom. The van der Waals surface area contributed by atoms with Crippen LogP contribution in [0, 0.1) is 23.7 Å². The van der Waals surface area contributed by atoms with Crippen molar-refractivity contribution in [3.05, 3.63) is 0 Å². The first-order valence-electron chi connectivity index (χ1n) is 4.45. The van der Waals surface area contributed by atoms with Crippen LogP contribution in [-0.4, -0.2) is 0 Å². The molecule has 4 rings (SSSR count). The molecule has 0 nitrogen and oxygen atoms in total. The lowest BCUT2D eigenvalue weighted by Gasteiger charge is -2.40. The van der Waals surface area contributed by atoms with Crippen LogP contribution in [0.1, 0.15) is 32.1 Å². The van der Waals surface area contributed by atoms with Crippen LogP contribution in [0.25, 0.3) is 0 Å². The first kappa shape index (κ1) is 4.76. The minimum Gasteiger partial charge on any atom is -0.0527 e. The van der Waals surface area contributed by atoms with Gasteiger partial charge in [-0.25, -0.2) is 0 Å². The zero-order valence-corrected chi connectivity index (χ0v) is 5.84. The van der Waals surface area contributed by atoms with E-state index in [1.54, 1.807) is 32.1 Å². The molecule has 0 saturated heterocycles. The van der Waals surface area contributed by atoms with E-state index in [1.807, 2.05) is 0 Å². The highest BCUT2D eigenvalue weighted by Crippen LogP contribution is 2.62. The topological polar surface area (TPSA) is 0 Å². The highest BCUT2D eigenvalue weighted by Gasteiger charge is 2.53. The summed E-state index contributed by atoms with van der Waals surface area (Å²) in [6.07, 6.45) is 7.97. The summed E-state index contributed by atoms with van der Waals surface area (Å²) in [5, 5.41) is 0. The summed E-state index contributed by atoms with van der Waals surface area (Å²) in [6, 6.07) is 0. The maximum atomic E-state index is 1.62. The lowest BCUT2D eigenvalue weighted by atomic mass is 9.65. The summed E-state index contributed by atoms with van der Waals surface area (Å²) in [5.74, 6) is 4.86. The number of rotatable bonds is 0. The Labute approximate surface area is 56.6 Å². The van der Waals surface area contributed by atoms with Gasteiger partial charge in [-0.05, 0) is 42.9 Å². The molecule has 0 aromatic rings. The molecule has 0 aliphatic heterocycles. The van der Waals surface area contributed by atoms with E-state index in [4.69, 9.17) is 0 Å². The molecule has 0 spiro atoms. The van der Waals surface area contributed by atoms with Gasteiger partial charge in [0.15, 0.2) is 0 Å². The van der Waals surface area contributed by atoms with Crippen LogP contribution in [0.2, 0.25) is 0 Å². The van der Waals surface area contributed by atoms with Gasteiger partial charge in [-0.3, -0.25) is 0 Å². The van der Waals surface area contributed by atoms with Gasteiger partial charge in [0.25, 0.3) is 0 Å². The van der Waals surface area contributed by atoms with Gasteiger partial charge in [0.2, 0.25) is 0 Å². The van der Waals surface area contributed by atoms with Crippen LogP contribution in [0.4, 0.5) is 0 Å². The molecule has 50 valence electrons. The number of hydrogen-bond acceptors (Lipinski definition) is 0. The Hall–Kier alpha value is 0. The molecule has 0 heteroatoms. The molecule has 4 aliphatic rings. The molecule has 9 heavy (non-hydrogen) atoms. The lowest BCUT2D eigenvalue weighted by Crippen LogP contribution is -2.31. The van der Waals surface area contributed by atoms with Crippen molar-refractivity contribution >= 4 is 0 Å². The molecular formula is C9H14. The second kappa shape index (κ2) is 1.36. The molecule has 0 aromatic heterocycles. The molecule has 0 aromatic carbocycles. The largest absolute Gasteiger partial charge is 0.0527 e. The van der Waals surface area contributed by atoms with Crippen LogP contribution in [0.5, 0.6) is 0 Å². The molecule has 4 aliphatic carbocycles.